The van der Waals surface area contributed by atoms with E-state index < -0.39 is 0 Å². The van der Waals surface area contributed by atoms with E-state index in [9.17, 15) is 0 Å². The van der Waals surface area contributed by atoms with E-state index in [0.717, 1.165) is 72.2 Å². The second kappa shape index (κ2) is 11.9. The summed E-state index contributed by atoms with van der Waals surface area (Å²) in [6.07, 6.45) is 3.60. The maximum absolute atomic E-state index is 6.66. The fraction of sp³-hybridized carbons (Fsp3) is 0. The van der Waals surface area contributed by atoms with Crippen LogP contribution in [0, 0.1) is 0 Å². The second-order valence-corrected chi connectivity index (χ2v) is 12.8. The fourth-order valence-corrected chi connectivity index (χ4v) is 7.32. The number of furan rings is 1. The molecule has 0 atom stereocenters. The Hall–Kier alpha value is -6.91. The van der Waals surface area contributed by atoms with Crippen molar-refractivity contribution in [2.45, 2.75) is 0 Å². The average Bonchev–Trinajstić information content (AvgIpc) is 3.60. The third-order valence-corrected chi connectivity index (χ3v) is 9.77. The maximum Gasteiger partial charge on any atom is 0.143 e. The van der Waals surface area contributed by atoms with E-state index in [-0.39, 0.29) is 0 Å². The van der Waals surface area contributed by atoms with Gasteiger partial charge in [-0.25, -0.2) is 4.98 Å². The zero-order valence-corrected chi connectivity index (χ0v) is 27.5. The standard InChI is InChI=1S/C47H29N3O/c1-2-11-33-26-34(23-20-30(33)10-1)36-14-9-17-45-46(36)40-29-39(37-12-3-4-13-38(37)47(40)51-45)32-21-18-31(19-22-32)35-27-43(41-15-5-7-24-48-41)50-44(28-35)42-16-6-8-25-49-42/h1-29H. The van der Waals surface area contributed by atoms with E-state index in [1.54, 1.807) is 12.4 Å². The first kappa shape index (κ1) is 29.0. The van der Waals surface area contributed by atoms with E-state index in [1.807, 2.05) is 36.4 Å². The van der Waals surface area contributed by atoms with Gasteiger partial charge < -0.3 is 4.42 Å². The summed E-state index contributed by atoms with van der Waals surface area (Å²) in [5, 5.41) is 6.95. The van der Waals surface area contributed by atoms with Crippen LogP contribution in [-0.2, 0) is 0 Å². The number of pyridine rings is 3. The van der Waals surface area contributed by atoms with Gasteiger partial charge in [-0.2, -0.15) is 0 Å². The number of nitrogens with zero attached hydrogens (tertiary/aromatic N) is 3. The molecule has 10 aromatic rings. The molecule has 0 saturated heterocycles. The largest absolute Gasteiger partial charge is 0.455 e. The van der Waals surface area contributed by atoms with Crippen LogP contribution in [0.5, 0.6) is 0 Å². The lowest BCUT2D eigenvalue weighted by molar-refractivity contribution is 0.673. The molecule has 0 amide bonds. The maximum atomic E-state index is 6.66. The van der Waals surface area contributed by atoms with Gasteiger partial charge in [-0.05, 0) is 104 Å². The summed E-state index contributed by atoms with van der Waals surface area (Å²) in [6, 6.07) is 57.3. The van der Waals surface area contributed by atoms with Gasteiger partial charge in [0.1, 0.15) is 11.2 Å². The number of aromatic nitrogens is 3. The van der Waals surface area contributed by atoms with Gasteiger partial charge in [0.15, 0.2) is 0 Å². The van der Waals surface area contributed by atoms with Crippen molar-refractivity contribution in [3.05, 3.63) is 176 Å². The van der Waals surface area contributed by atoms with Gasteiger partial charge in [0, 0.05) is 28.6 Å². The summed E-state index contributed by atoms with van der Waals surface area (Å²) in [7, 11) is 0. The lowest BCUT2D eigenvalue weighted by Gasteiger charge is -2.12. The summed E-state index contributed by atoms with van der Waals surface area (Å²) >= 11 is 0. The zero-order chi connectivity index (χ0) is 33.7. The first-order valence-electron chi connectivity index (χ1n) is 17.1. The molecule has 0 saturated carbocycles. The first-order valence-corrected chi connectivity index (χ1v) is 17.1. The summed E-state index contributed by atoms with van der Waals surface area (Å²) < 4.78 is 6.66. The van der Waals surface area contributed by atoms with Crippen LogP contribution in [0.2, 0.25) is 0 Å². The Morgan fingerprint density at radius 3 is 1.75 bits per heavy atom. The van der Waals surface area contributed by atoms with Gasteiger partial charge >= 0.3 is 0 Å². The molecule has 0 aliphatic carbocycles. The van der Waals surface area contributed by atoms with Crippen molar-refractivity contribution in [2.24, 2.45) is 0 Å². The third kappa shape index (κ3) is 5.04. The molecule has 0 aliphatic rings. The molecule has 4 heteroatoms. The Morgan fingerprint density at radius 1 is 0.373 bits per heavy atom. The highest BCUT2D eigenvalue weighted by Crippen LogP contribution is 2.43. The first-order chi connectivity index (χ1) is 25.3. The van der Waals surface area contributed by atoms with Crippen LogP contribution in [-0.4, -0.2) is 15.0 Å². The van der Waals surface area contributed by atoms with E-state index in [2.05, 4.69) is 137 Å². The second-order valence-electron chi connectivity index (χ2n) is 12.8. The van der Waals surface area contributed by atoms with Crippen molar-refractivity contribution >= 4 is 43.5 Å². The van der Waals surface area contributed by atoms with Gasteiger partial charge in [-0.15, -0.1) is 0 Å². The monoisotopic (exact) mass is 651 g/mol. The molecule has 4 aromatic heterocycles. The van der Waals surface area contributed by atoms with Crippen LogP contribution in [0.15, 0.2) is 181 Å². The molecule has 0 radical (unpaired) electrons. The molecule has 238 valence electrons. The van der Waals surface area contributed by atoms with Gasteiger partial charge in [0.05, 0.1) is 22.8 Å². The lowest BCUT2D eigenvalue weighted by Crippen LogP contribution is -1.94. The quantitative estimate of drug-likeness (QED) is 0.186. The zero-order valence-electron chi connectivity index (χ0n) is 27.5. The Bertz CT molecular complexity index is 2840. The summed E-state index contributed by atoms with van der Waals surface area (Å²) in [6.45, 7) is 0. The molecule has 0 aliphatic heterocycles. The summed E-state index contributed by atoms with van der Waals surface area (Å²) in [5.74, 6) is 0. The summed E-state index contributed by atoms with van der Waals surface area (Å²) in [4.78, 5) is 14.1. The molecule has 4 heterocycles. The highest BCUT2D eigenvalue weighted by Gasteiger charge is 2.18. The minimum atomic E-state index is 0.809. The van der Waals surface area contributed by atoms with Crippen molar-refractivity contribution in [2.75, 3.05) is 0 Å². The van der Waals surface area contributed by atoms with Crippen molar-refractivity contribution in [1.82, 2.24) is 15.0 Å². The molecule has 51 heavy (non-hydrogen) atoms. The molecule has 4 nitrogen and oxygen atoms in total. The molecule has 0 N–H and O–H groups in total. The van der Waals surface area contributed by atoms with Crippen LogP contribution in [0.1, 0.15) is 0 Å². The predicted octanol–water partition coefficient (Wildman–Crippen LogP) is 12.4. The topological polar surface area (TPSA) is 51.8 Å². The Morgan fingerprint density at radius 2 is 1.02 bits per heavy atom. The summed E-state index contributed by atoms with van der Waals surface area (Å²) in [5.41, 5.74) is 11.9. The van der Waals surface area contributed by atoms with Gasteiger partial charge in [-0.3, -0.25) is 9.97 Å². The Labute approximate surface area is 294 Å². The van der Waals surface area contributed by atoms with Crippen molar-refractivity contribution in [1.29, 1.82) is 0 Å². The van der Waals surface area contributed by atoms with Crippen LogP contribution in [0.4, 0.5) is 0 Å². The molecular formula is C47H29N3O. The number of hydrogen-bond acceptors (Lipinski definition) is 4. The van der Waals surface area contributed by atoms with E-state index >= 15 is 0 Å². The number of rotatable bonds is 5. The Balaban J connectivity index is 1.13. The van der Waals surface area contributed by atoms with Crippen molar-refractivity contribution in [3.8, 4) is 56.2 Å². The fourth-order valence-electron chi connectivity index (χ4n) is 7.32. The lowest BCUT2D eigenvalue weighted by atomic mass is 9.92. The SMILES string of the molecule is c1ccc(-c2cc(-c3ccc(-c4cc5c(oc6cccc(-c7ccc8ccccc8c7)c65)c5ccccc45)cc3)cc(-c3ccccn3)n2)nc1. The van der Waals surface area contributed by atoms with Gasteiger partial charge in [0.2, 0.25) is 0 Å². The van der Waals surface area contributed by atoms with Crippen LogP contribution < -0.4 is 0 Å². The number of benzene rings is 6. The molecule has 0 fully saturated rings. The highest BCUT2D eigenvalue weighted by atomic mass is 16.3. The molecule has 10 rings (SSSR count). The van der Waals surface area contributed by atoms with Crippen molar-refractivity contribution in [3.63, 3.8) is 0 Å². The normalized spacial score (nSPS) is 11.5. The average molecular weight is 652 g/mol. The third-order valence-electron chi connectivity index (χ3n) is 9.77. The van der Waals surface area contributed by atoms with Crippen LogP contribution >= 0.6 is 0 Å². The van der Waals surface area contributed by atoms with Gasteiger partial charge in [0.25, 0.3) is 0 Å². The molecule has 0 bridgehead atoms. The molecule has 0 unspecified atom stereocenters. The molecular weight excluding hydrogens is 623 g/mol. The van der Waals surface area contributed by atoms with Gasteiger partial charge in [-0.1, -0.05) is 109 Å². The molecule has 0 spiro atoms. The smallest absolute Gasteiger partial charge is 0.143 e. The van der Waals surface area contributed by atoms with Crippen molar-refractivity contribution < 1.29 is 4.42 Å². The highest BCUT2D eigenvalue weighted by molar-refractivity contribution is 6.22. The molecule has 6 aromatic carbocycles. The van der Waals surface area contributed by atoms with Crippen LogP contribution in [0.25, 0.3) is 99.6 Å². The van der Waals surface area contributed by atoms with E-state index in [4.69, 9.17) is 9.40 Å². The minimum absolute atomic E-state index is 0.809. The number of fused-ring (bicyclic) bond motifs is 6. The predicted molar refractivity (Wildman–Crippen MR) is 209 cm³/mol. The van der Waals surface area contributed by atoms with E-state index in [0.29, 0.717) is 0 Å². The Kier molecular flexibility index (Phi) is 6.78. The number of hydrogen-bond donors (Lipinski definition) is 0. The van der Waals surface area contributed by atoms with Crippen LogP contribution in [0.3, 0.4) is 0 Å². The minimum Gasteiger partial charge on any atom is -0.455 e. The van der Waals surface area contributed by atoms with E-state index in [1.165, 1.54) is 27.5 Å².